The summed E-state index contributed by atoms with van der Waals surface area (Å²) < 4.78 is 13.1. The van der Waals surface area contributed by atoms with Crippen LogP contribution in [0.4, 0.5) is 4.39 Å². The molecule has 0 radical (unpaired) electrons. The number of nitrogens with zero attached hydrogens (tertiary/aromatic N) is 2. The molecule has 1 aromatic carbocycles. The number of aliphatic hydroxyl groups is 1. The number of benzene rings is 1. The Morgan fingerprint density at radius 2 is 1.95 bits per heavy atom. The van der Waals surface area contributed by atoms with Crippen molar-refractivity contribution in [3.8, 4) is 0 Å². The fourth-order valence-corrected chi connectivity index (χ4v) is 2.67. The minimum absolute atomic E-state index is 0.337. The maximum Gasteiger partial charge on any atom is 0.141 e. The molecule has 0 aliphatic carbocycles. The molecule has 0 atom stereocenters. The molecule has 0 bridgehead atoms. The van der Waals surface area contributed by atoms with E-state index in [0.717, 1.165) is 11.1 Å². The predicted octanol–water partition coefficient (Wildman–Crippen LogP) is 2.58. The van der Waals surface area contributed by atoms with E-state index < -0.39 is 5.60 Å². The van der Waals surface area contributed by atoms with Gasteiger partial charge in [0.1, 0.15) is 11.4 Å². The Bertz CT molecular complexity index is 612. The molecule has 2 heterocycles. The zero-order valence-corrected chi connectivity index (χ0v) is 11.5. The van der Waals surface area contributed by atoms with Crippen molar-refractivity contribution in [2.45, 2.75) is 12.1 Å². The summed E-state index contributed by atoms with van der Waals surface area (Å²) in [6, 6.07) is 8.68. The second-order valence-corrected chi connectivity index (χ2v) is 5.63. The molecular formula is C15H14ClFN2O. The van der Waals surface area contributed by atoms with E-state index in [0.29, 0.717) is 24.7 Å². The van der Waals surface area contributed by atoms with E-state index in [1.807, 2.05) is 17.0 Å². The van der Waals surface area contributed by atoms with Gasteiger partial charge in [0.05, 0.1) is 6.20 Å². The maximum absolute atomic E-state index is 13.1. The summed E-state index contributed by atoms with van der Waals surface area (Å²) in [6.45, 7) is 1.62. The van der Waals surface area contributed by atoms with Crippen molar-refractivity contribution < 1.29 is 9.50 Å². The summed E-state index contributed by atoms with van der Waals surface area (Å²) in [6.07, 6.45) is 2.83. The molecule has 1 aliphatic rings. The average Bonchev–Trinajstić information content (AvgIpc) is 2.37. The van der Waals surface area contributed by atoms with E-state index in [9.17, 15) is 9.50 Å². The van der Waals surface area contributed by atoms with E-state index in [2.05, 4.69) is 4.98 Å². The van der Waals surface area contributed by atoms with E-state index in [4.69, 9.17) is 11.6 Å². The smallest absolute Gasteiger partial charge is 0.141 e. The highest BCUT2D eigenvalue weighted by Crippen LogP contribution is 2.33. The summed E-state index contributed by atoms with van der Waals surface area (Å²) in [5.41, 5.74) is 0.824. The van der Waals surface area contributed by atoms with Gasteiger partial charge in [-0.1, -0.05) is 23.7 Å². The van der Waals surface area contributed by atoms with Crippen LogP contribution in [0.2, 0.25) is 5.02 Å². The molecule has 104 valence electrons. The van der Waals surface area contributed by atoms with Crippen molar-refractivity contribution >= 4 is 11.6 Å². The molecule has 0 amide bonds. The molecule has 0 spiro atoms. The summed E-state index contributed by atoms with van der Waals surface area (Å²) in [4.78, 5) is 5.87. The fraction of sp³-hybridized carbons (Fsp3) is 0.267. The zero-order valence-electron chi connectivity index (χ0n) is 10.8. The lowest BCUT2D eigenvalue weighted by Gasteiger charge is -2.47. The standard InChI is InChI=1S/C15H14ClFN2O/c16-13-3-1-12(2-4-13)15(20)9-19(10-15)8-11-5-14(17)7-18-6-11/h1-7,20H,8-10H2. The lowest BCUT2D eigenvalue weighted by atomic mass is 9.86. The van der Waals surface area contributed by atoms with Crippen molar-refractivity contribution in [3.63, 3.8) is 0 Å². The first-order valence-electron chi connectivity index (χ1n) is 6.35. The highest BCUT2D eigenvalue weighted by atomic mass is 35.5. The number of halogens is 2. The molecule has 5 heteroatoms. The van der Waals surface area contributed by atoms with Crippen LogP contribution in [-0.4, -0.2) is 28.1 Å². The van der Waals surface area contributed by atoms with Crippen molar-refractivity contribution in [2.75, 3.05) is 13.1 Å². The molecule has 1 aromatic heterocycles. The SMILES string of the molecule is OC1(c2ccc(Cl)cc2)CN(Cc2cncc(F)c2)C1. The van der Waals surface area contributed by atoms with Crippen LogP contribution in [0.15, 0.2) is 42.7 Å². The Labute approximate surface area is 121 Å². The zero-order chi connectivity index (χ0) is 14.2. The van der Waals surface area contributed by atoms with Gasteiger partial charge in [0.15, 0.2) is 0 Å². The molecule has 1 fully saturated rings. The van der Waals surface area contributed by atoms with Crippen LogP contribution in [-0.2, 0) is 12.1 Å². The summed E-state index contributed by atoms with van der Waals surface area (Å²) in [7, 11) is 0. The molecule has 1 N–H and O–H groups in total. The third kappa shape index (κ3) is 2.68. The Morgan fingerprint density at radius 3 is 2.60 bits per heavy atom. The van der Waals surface area contributed by atoms with Crippen LogP contribution in [0.3, 0.4) is 0 Å². The molecule has 3 nitrogen and oxygen atoms in total. The van der Waals surface area contributed by atoms with Crippen molar-refractivity contribution in [3.05, 3.63) is 64.7 Å². The summed E-state index contributed by atoms with van der Waals surface area (Å²) in [5, 5.41) is 11.2. The summed E-state index contributed by atoms with van der Waals surface area (Å²) in [5.74, 6) is -0.337. The van der Waals surface area contributed by atoms with Gasteiger partial charge in [-0.3, -0.25) is 9.88 Å². The Morgan fingerprint density at radius 1 is 1.25 bits per heavy atom. The molecule has 2 aromatic rings. The number of likely N-dealkylation sites (tertiary alicyclic amines) is 1. The molecule has 1 aliphatic heterocycles. The number of aromatic nitrogens is 1. The lowest BCUT2D eigenvalue weighted by molar-refractivity contribution is -0.108. The third-order valence-corrected chi connectivity index (χ3v) is 3.77. The van der Waals surface area contributed by atoms with Crippen LogP contribution < -0.4 is 0 Å². The second-order valence-electron chi connectivity index (χ2n) is 5.20. The summed E-state index contributed by atoms with van der Waals surface area (Å²) >= 11 is 5.84. The van der Waals surface area contributed by atoms with Gasteiger partial charge >= 0.3 is 0 Å². The van der Waals surface area contributed by atoms with Gasteiger partial charge in [-0.05, 0) is 29.3 Å². The van der Waals surface area contributed by atoms with Gasteiger partial charge in [-0.25, -0.2) is 4.39 Å². The first-order valence-corrected chi connectivity index (χ1v) is 6.73. The van der Waals surface area contributed by atoms with Crippen molar-refractivity contribution in [1.29, 1.82) is 0 Å². The van der Waals surface area contributed by atoms with Crippen molar-refractivity contribution in [1.82, 2.24) is 9.88 Å². The molecule has 3 rings (SSSR count). The average molecular weight is 293 g/mol. The van der Waals surface area contributed by atoms with Crippen LogP contribution in [0.25, 0.3) is 0 Å². The van der Waals surface area contributed by atoms with E-state index in [-0.39, 0.29) is 5.82 Å². The second kappa shape index (κ2) is 5.13. The van der Waals surface area contributed by atoms with Gasteiger partial charge in [0, 0.05) is 30.9 Å². The van der Waals surface area contributed by atoms with Gasteiger partial charge in [-0.15, -0.1) is 0 Å². The molecule has 1 saturated heterocycles. The normalized spacial score (nSPS) is 17.8. The highest BCUT2D eigenvalue weighted by molar-refractivity contribution is 6.30. The quantitative estimate of drug-likeness (QED) is 0.944. The Balaban J connectivity index is 1.64. The topological polar surface area (TPSA) is 36.4 Å². The number of pyridine rings is 1. The largest absolute Gasteiger partial charge is 0.382 e. The first kappa shape index (κ1) is 13.5. The Kier molecular flexibility index (Phi) is 3.46. The predicted molar refractivity (Wildman–Crippen MR) is 74.8 cm³/mol. The number of hydrogen-bond donors (Lipinski definition) is 1. The van der Waals surface area contributed by atoms with Crippen LogP contribution >= 0.6 is 11.6 Å². The van der Waals surface area contributed by atoms with Gasteiger partial charge in [0.25, 0.3) is 0 Å². The van der Waals surface area contributed by atoms with Gasteiger partial charge in [-0.2, -0.15) is 0 Å². The fourth-order valence-electron chi connectivity index (χ4n) is 2.55. The molecular weight excluding hydrogens is 279 g/mol. The Hall–Kier alpha value is -1.49. The number of rotatable bonds is 3. The highest BCUT2D eigenvalue weighted by Gasteiger charge is 2.42. The van der Waals surface area contributed by atoms with Crippen LogP contribution in [0.5, 0.6) is 0 Å². The monoisotopic (exact) mass is 292 g/mol. The van der Waals surface area contributed by atoms with Gasteiger partial charge in [0.2, 0.25) is 0 Å². The van der Waals surface area contributed by atoms with Crippen molar-refractivity contribution in [2.24, 2.45) is 0 Å². The molecule has 20 heavy (non-hydrogen) atoms. The number of β-amino-alcohol motifs (C(OH)–C–C–N with tert-alkyl or cyclic N) is 1. The minimum Gasteiger partial charge on any atom is -0.382 e. The van der Waals surface area contributed by atoms with E-state index in [1.54, 1.807) is 18.3 Å². The van der Waals surface area contributed by atoms with E-state index >= 15 is 0 Å². The molecule has 0 saturated carbocycles. The minimum atomic E-state index is -0.842. The maximum atomic E-state index is 13.1. The molecule has 0 unspecified atom stereocenters. The lowest BCUT2D eigenvalue weighted by Crippen LogP contribution is -2.58. The van der Waals surface area contributed by atoms with Crippen LogP contribution in [0, 0.1) is 5.82 Å². The van der Waals surface area contributed by atoms with E-state index in [1.165, 1.54) is 12.3 Å². The van der Waals surface area contributed by atoms with Gasteiger partial charge < -0.3 is 5.11 Å². The number of hydrogen-bond acceptors (Lipinski definition) is 3. The van der Waals surface area contributed by atoms with Crippen LogP contribution in [0.1, 0.15) is 11.1 Å². The third-order valence-electron chi connectivity index (χ3n) is 3.52. The first-order chi connectivity index (χ1) is 9.55.